The van der Waals surface area contributed by atoms with Crippen molar-refractivity contribution in [3.05, 3.63) is 48.0 Å². The third-order valence-electron chi connectivity index (χ3n) is 4.70. The third-order valence-corrected chi connectivity index (χ3v) is 5.81. The van der Waals surface area contributed by atoms with Crippen LogP contribution in [0.3, 0.4) is 0 Å². The molecule has 2 aromatic carbocycles. The van der Waals surface area contributed by atoms with Gasteiger partial charge in [0.2, 0.25) is 5.91 Å². The van der Waals surface area contributed by atoms with Crippen molar-refractivity contribution >= 4 is 32.8 Å². The van der Waals surface area contributed by atoms with Gasteiger partial charge in [0.15, 0.2) is 9.84 Å². The van der Waals surface area contributed by atoms with Crippen LogP contribution >= 0.6 is 0 Å². The summed E-state index contributed by atoms with van der Waals surface area (Å²) in [6.45, 7) is 4.09. The summed E-state index contributed by atoms with van der Waals surface area (Å²) in [5.41, 5.74) is 3.44. The molecule has 0 atom stereocenters. The van der Waals surface area contributed by atoms with Crippen LogP contribution in [-0.2, 0) is 14.6 Å². The largest absolute Gasteiger partial charge is 0.376 e. The minimum absolute atomic E-state index is 0.0575. The normalized spacial score (nSPS) is 14.2. The molecule has 2 N–H and O–H groups in total. The lowest BCUT2D eigenvalue weighted by Crippen LogP contribution is -2.22. The molecule has 144 valence electrons. The zero-order chi connectivity index (χ0) is 19.4. The Bertz CT molecular complexity index is 918. The van der Waals surface area contributed by atoms with Crippen LogP contribution < -0.4 is 15.5 Å². The van der Waals surface area contributed by atoms with Crippen LogP contribution in [0.5, 0.6) is 0 Å². The second-order valence-corrected chi connectivity index (χ2v) is 8.91. The molecule has 0 spiro atoms. The SMILES string of the molecule is Cc1ccc(S(C)(=O)=O)cc1NCC(=O)Nc1ccc(N2CCCC2)cc1. The standard InChI is InChI=1S/C20H25N3O3S/c1-15-5-10-18(27(2,25)26)13-19(15)21-14-20(24)22-16-6-8-17(9-7-16)23-11-3-4-12-23/h5-10,13,21H,3-4,11-12,14H2,1-2H3,(H,22,24). The van der Waals surface area contributed by atoms with Crippen LogP contribution in [0, 0.1) is 6.92 Å². The molecular formula is C20H25N3O3S. The van der Waals surface area contributed by atoms with E-state index in [4.69, 9.17) is 0 Å². The molecule has 6 nitrogen and oxygen atoms in total. The Morgan fingerprint density at radius 2 is 1.74 bits per heavy atom. The lowest BCUT2D eigenvalue weighted by molar-refractivity contribution is -0.114. The summed E-state index contributed by atoms with van der Waals surface area (Å²) in [7, 11) is -3.28. The first-order chi connectivity index (χ1) is 12.8. The van der Waals surface area contributed by atoms with Crippen molar-refractivity contribution in [1.29, 1.82) is 0 Å². The first-order valence-corrected chi connectivity index (χ1v) is 10.9. The monoisotopic (exact) mass is 387 g/mol. The molecule has 2 aromatic rings. The van der Waals surface area contributed by atoms with Crippen molar-refractivity contribution in [3.63, 3.8) is 0 Å². The van der Waals surface area contributed by atoms with E-state index in [9.17, 15) is 13.2 Å². The number of benzene rings is 2. The Kier molecular flexibility index (Phi) is 5.70. The second kappa shape index (κ2) is 8.00. The predicted octanol–water partition coefficient (Wildman–Crippen LogP) is 3.05. The lowest BCUT2D eigenvalue weighted by Gasteiger charge is -2.18. The number of nitrogens with zero attached hydrogens (tertiary/aromatic N) is 1. The van der Waals surface area contributed by atoms with Crippen molar-refractivity contribution < 1.29 is 13.2 Å². The Morgan fingerprint density at radius 3 is 2.37 bits per heavy atom. The number of rotatable bonds is 6. The molecule has 1 saturated heterocycles. The van der Waals surface area contributed by atoms with E-state index in [0.29, 0.717) is 5.69 Å². The fourth-order valence-corrected chi connectivity index (χ4v) is 3.78. The molecule has 1 heterocycles. The van der Waals surface area contributed by atoms with E-state index in [1.165, 1.54) is 24.8 Å². The first kappa shape index (κ1) is 19.2. The minimum Gasteiger partial charge on any atom is -0.376 e. The second-order valence-electron chi connectivity index (χ2n) is 6.89. The van der Waals surface area contributed by atoms with Crippen molar-refractivity contribution in [1.82, 2.24) is 0 Å². The van der Waals surface area contributed by atoms with Crippen molar-refractivity contribution in [3.8, 4) is 0 Å². The number of carbonyl (C=O) groups excluding carboxylic acids is 1. The molecule has 1 fully saturated rings. The van der Waals surface area contributed by atoms with Gasteiger partial charge in [0.25, 0.3) is 0 Å². The zero-order valence-corrected chi connectivity index (χ0v) is 16.5. The third kappa shape index (κ3) is 5.01. The fraction of sp³-hybridized carbons (Fsp3) is 0.350. The first-order valence-electron chi connectivity index (χ1n) is 9.02. The Morgan fingerprint density at radius 1 is 1.07 bits per heavy atom. The maximum atomic E-state index is 12.2. The van der Waals surface area contributed by atoms with E-state index >= 15 is 0 Å². The van der Waals surface area contributed by atoms with E-state index in [0.717, 1.165) is 24.3 Å². The van der Waals surface area contributed by atoms with Crippen molar-refractivity contribution in [2.75, 3.05) is 41.4 Å². The van der Waals surface area contributed by atoms with Crippen molar-refractivity contribution in [2.24, 2.45) is 0 Å². The smallest absolute Gasteiger partial charge is 0.243 e. The number of sulfone groups is 1. The zero-order valence-electron chi connectivity index (χ0n) is 15.7. The molecule has 0 aromatic heterocycles. The van der Waals surface area contributed by atoms with E-state index in [-0.39, 0.29) is 17.3 Å². The summed E-state index contributed by atoms with van der Waals surface area (Å²) in [6.07, 6.45) is 3.62. The summed E-state index contributed by atoms with van der Waals surface area (Å²) in [5, 5.41) is 5.87. The van der Waals surface area contributed by atoms with Gasteiger partial charge < -0.3 is 15.5 Å². The van der Waals surface area contributed by atoms with Gasteiger partial charge in [0.1, 0.15) is 0 Å². The Labute approximate surface area is 160 Å². The summed E-state index contributed by atoms with van der Waals surface area (Å²) < 4.78 is 23.4. The Hall–Kier alpha value is -2.54. The van der Waals surface area contributed by atoms with Gasteiger partial charge in [-0.3, -0.25) is 4.79 Å². The maximum Gasteiger partial charge on any atom is 0.243 e. The van der Waals surface area contributed by atoms with Crippen molar-refractivity contribution in [2.45, 2.75) is 24.7 Å². The number of anilines is 3. The molecule has 27 heavy (non-hydrogen) atoms. The van der Waals surface area contributed by atoms with Crippen LogP contribution in [0.15, 0.2) is 47.4 Å². The summed E-state index contributed by atoms with van der Waals surface area (Å²) >= 11 is 0. The highest BCUT2D eigenvalue weighted by Gasteiger charge is 2.13. The highest BCUT2D eigenvalue weighted by molar-refractivity contribution is 7.90. The highest BCUT2D eigenvalue weighted by atomic mass is 32.2. The molecule has 1 aliphatic rings. The van der Waals surface area contributed by atoms with Crippen LogP contribution in [0.25, 0.3) is 0 Å². The topological polar surface area (TPSA) is 78.5 Å². The maximum absolute atomic E-state index is 12.2. The molecule has 0 unspecified atom stereocenters. The van der Waals surface area contributed by atoms with Gasteiger partial charge in [-0.1, -0.05) is 6.07 Å². The summed E-state index contributed by atoms with van der Waals surface area (Å²) in [6, 6.07) is 12.7. The summed E-state index contributed by atoms with van der Waals surface area (Å²) in [5.74, 6) is -0.187. The fourth-order valence-electron chi connectivity index (χ4n) is 3.13. The van der Waals surface area contributed by atoms with E-state index < -0.39 is 9.84 Å². The molecule has 7 heteroatoms. The number of nitrogens with one attached hydrogen (secondary N) is 2. The molecular weight excluding hydrogens is 362 g/mol. The Balaban J connectivity index is 1.58. The number of amides is 1. The van der Waals surface area contributed by atoms with E-state index in [1.54, 1.807) is 18.2 Å². The van der Waals surface area contributed by atoms with Gasteiger partial charge in [0, 0.05) is 36.4 Å². The predicted molar refractivity (Wildman–Crippen MR) is 109 cm³/mol. The van der Waals surface area contributed by atoms with Crippen LogP contribution in [-0.4, -0.2) is 40.2 Å². The molecule has 3 rings (SSSR count). The number of aryl methyl sites for hydroxylation is 1. The van der Waals surface area contributed by atoms with E-state index in [2.05, 4.69) is 15.5 Å². The van der Waals surface area contributed by atoms with Gasteiger partial charge in [-0.05, 0) is 61.7 Å². The average molecular weight is 388 g/mol. The van der Waals surface area contributed by atoms with E-state index in [1.807, 2.05) is 31.2 Å². The van der Waals surface area contributed by atoms with Gasteiger partial charge in [-0.25, -0.2) is 8.42 Å². The molecule has 1 amide bonds. The lowest BCUT2D eigenvalue weighted by atomic mass is 10.2. The average Bonchev–Trinajstić information content (AvgIpc) is 3.15. The molecule has 0 bridgehead atoms. The number of carbonyl (C=O) groups is 1. The van der Waals surface area contributed by atoms with Crippen LogP contribution in [0.2, 0.25) is 0 Å². The van der Waals surface area contributed by atoms with Crippen LogP contribution in [0.4, 0.5) is 17.1 Å². The number of hydrogen-bond donors (Lipinski definition) is 2. The molecule has 1 aliphatic heterocycles. The molecule has 0 aliphatic carbocycles. The van der Waals surface area contributed by atoms with Gasteiger partial charge in [-0.15, -0.1) is 0 Å². The van der Waals surface area contributed by atoms with Gasteiger partial charge in [0.05, 0.1) is 11.4 Å². The highest BCUT2D eigenvalue weighted by Crippen LogP contribution is 2.22. The summed E-state index contributed by atoms with van der Waals surface area (Å²) in [4.78, 5) is 14.8. The van der Waals surface area contributed by atoms with Crippen LogP contribution in [0.1, 0.15) is 18.4 Å². The molecule has 0 saturated carbocycles. The minimum atomic E-state index is -3.28. The molecule has 0 radical (unpaired) electrons. The quantitative estimate of drug-likeness (QED) is 0.796. The van der Waals surface area contributed by atoms with Gasteiger partial charge >= 0.3 is 0 Å². The number of hydrogen-bond acceptors (Lipinski definition) is 5. The van der Waals surface area contributed by atoms with Gasteiger partial charge in [-0.2, -0.15) is 0 Å².